The highest BCUT2D eigenvalue weighted by Gasteiger charge is 2.38. The van der Waals surface area contributed by atoms with Crippen molar-refractivity contribution in [2.24, 2.45) is 11.3 Å². The Kier molecular flexibility index (Phi) is 3.33. The molecule has 0 bridgehead atoms. The molecule has 0 aromatic carbocycles. The van der Waals surface area contributed by atoms with Crippen molar-refractivity contribution in [1.82, 2.24) is 0 Å². The first-order chi connectivity index (χ1) is 6.14. The molecule has 0 aromatic heterocycles. The SMILES string of the molecule is CCC1CCC(C#N)(C(C)O)CC1. The van der Waals surface area contributed by atoms with E-state index in [0.717, 1.165) is 31.6 Å². The molecule has 1 saturated carbocycles. The fraction of sp³-hybridized carbons (Fsp3) is 0.909. The van der Waals surface area contributed by atoms with Crippen molar-refractivity contribution in [3.8, 4) is 6.07 Å². The van der Waals surface area contributed by atoms with Crippen molar-refractivity contribution in [3.05, 3.63) is 0 Å². The van der Waals surface area contributed by atoms with E-state index in [1.165, 1.54) is 6.42 Å². The fourth-order valence-corrected chi connectivity index (χ4v) is 2.22. The predicted molar refractivity (Wildman–Crippen MR) is 52.0 cm³/mol. The Hall–Kier alpha value is -0.550. The van der Waals surface area contributed by atoms with E-state index in [0.29, 0.717) is 0 Å². The van der Waals surface area contributed by atoms with E-state index >= 15 is 0 Å². The zero-order chi connectivity index (χ0) is 9.90. The number of rotatable bonds is 2. The van der Waals surface area contributed by atoms with Crippen molar-refractivity contribution in [2.75, 3.05) is 0 Å². The third kappa shape index (κ3) is 2.03. The molecule has 1 rings (SSSR count). The van der Waals surface area contributed by atoms with Gasteiger partial charge in [-0.2, -0.15) is 5.26 Å². The van der Waals surface area contributed by atoms with Crippen LogP contribution in [-0.4, -0.2) is 11.2 Å². The first-order valence-electron chi connectivity index (χ1n) is 5.24. The van der Waals surface area contributed by atoms with E-state index in [9.17, 15) is 5.11 Å². The van der Waals surface area contributed by atoms with Gasteiger partial charge in [0.25, 0.3) is 0 Å². The summed E-state index contributed by atoms with van der Waals surface area (Å²) in [4.78, 5) is 0. The molecule has 1 fully saturated rings. The van der Waals surface area contributed by atoms with Gasteiger partial charge in [0.2, 0.25) is 0 Å². The Labute approximate surface area is 80.6 Å². The third-order valence-corrected chi connectivity index (χ3v) is 3.60. The molecule has 0 spiro atoms. The molecule has 2 heteroatoms. The molecule has 1 aliphatic rings. The summed E-state index contributed by atoms with van der Waals surface area (Å²) in [7, 11) is 0. The lowest BCUT2D eigenvalue weighted by molar-refractivity contribution is 0.0389. The second-order valence-electron chi connectivity index (χ2n) is 4.30. The summed E-state index contributed by atoms with van der Waals surface area (Å²) in [6, 6.07) is 2.31. The number of aliphatic hydroxyl groups is 1. The highest BCUT2D eigenvalue weighted by molar-refractivity contribution is 5.04. The highest BCUT2D eigenvalue weighted by atomic mass is 16.3. The molecule has 0 aromatic rings. The van der Waals surface area contributed by atoms with Gasteiger partial charge in [0.15, 0.2) is 0 Å². The van der Waals surface area contributed by atoms with E-state index in [-0.39, 0.29) is 0 Å². The topological polar surface area (TPSA) is 44.0 Å². The summed E-state index contributed by atoms with van der Waals surface area (Å²) in [5.74, 6) is 0.778. The van der Waals surface area contributed by atoms with Crippen LogP contribution in [-0.2, 0) is 0 Å². The first kappa shape index (κ1) is 10.5. The van der Waals surface area contributed by atoms with Crippen LogP contribution in [0.4, 0.5) is 0 Å². The monoisotopic (exact) mass is 181 g/mol. The molecular formula is C11H19NO. The van der Waals surface area contributed by atoms with Crippen LogP contribution in [0, 0.1) is 22.7 Å². The summed E-state index contributed by atoms with van der Waals surface area (Å²) < 4.78 is 0. The van der Waals surface area contributed by atoms with Crippen LogP contribution in [0.3, 0.4) is 0 Å². The Morgan fingerprint density at radius 3 is 2.38 bits per heavy atom. The summed E-state index contributed by atoms with van der Waals surface area (Å²) in [6.45, 7) is 3.95. The van der Waals surface area contributed by atoms with Crippen LogP contribution < -0.4 is 0 Å². The lowest BCUT2D eigenvalue weighted by atomic mass is 9.68. The molecule has 0 heterocycles. The molecule has 0 radical (unpaired) electrons. The van der Waals surface area contributed by atoms with E-state index in [1.807, 2.05) is 0 Å². The zero-order valence-electron chi connectivity index (χ0n) is 8.58. The minimum atomic E-state index is -0.477. The molecule has 0 amide bonds. The highest BCUT2D eigenvalue weighted by Crippen LogP contribution is 2.41. The smallest absolute Gasteiger partial charge is 0.0829 e. The number of nitriles is 1. The van der Waals surface area contributed by atoms with E-state index in [2.05, 4.69) is 13.0 Å². The van der Waals surface area contributed by atoms with Crippen LogP contribution in [0.2, 0.25) is 0 Å². The summed E-state index contributed by atoms with van der Waals surface area (Å²) in [5.41, 5.74) is -0.439. The largest absolute Gasteiger partial charge is 0.392 e. The molecular weight excluding hydrogens is 162 g/mol. The maximum Gasteiger partial charge on any atom is 0.0829 e. The van der Waals surface area contributed by atoms with Gasteiger partial charge < -0.3 is 5.11 Å². The molecule has 1 N–H and O–H groups in total. The van der Waals surface area contributed by atoms with Gasteiger partial charge in [-0.3, -0.25) is 0 Å². The van der Waals surface area contributed by atoms with Gasteiger partial charge in [0.1, 0.15) is 0 Å². The molecule has 1 atom stereocenters. The van der Waals surface area contributed by atoms with Gasteiger partial charge in [0, 0.05) is 0 Å². The van der Waals surface area contributed by atoms with Crippen molar-refractivity contribution in [1.29, 1.82) is 5.26 Å². The minimum Gasteiger partial charge on any atom is -0.392 e. The minimum absolute atomic E-state index is 0.439. The van der Waals surface area contributed by atoms with Gasteiger partial charge in [-0.15, -0.1) is 0 Å². The van der Waals surface area contributed by atoms with Crippen LogP contribution >= 0.6 is 0 Å². The van der Waals surface area contributed by atoms with E-state index in [4.69, 9.17) is 5.26 Å². The number of nitrogens with zero attached hydrogens (tertiary/aromatic N) is 1. The summed E-state index contributed by atoms with van der Waals surface area (Å²) >= 11 is 0. The lowest BCUT2D eigenvalue weighted by Gasteiger charge is -2.36. The van der Waals surface area contributed by atoms with Crippen molar-refractivity contribution in [3.63, 3.8) is 0 Å². The van der Waals surface area contributed by atoms with Gasteiger partial charge in [-0.1, -0.05) is 13.3 Å². The Balaban J connectivity index is 2.60. The van der Waals surface area contributed by atoms with Crippen LogP contribution in [0.25, 0.3) is 0 Å². The zero-order valence-corrected chi connectivity index (χ0v) is 8.58. The Morgan fingerprint density at radius 1 is 1.54 bits per heavy atom. The van der Waals surface area contributed by atoms with Gasteiger partial charge >= 0.3 is 0 Å². The molecule has 1 aliphatic carbocycles. The van der Waals surface area contributed by atoms with Crippen LogP contribution in [0.5, 0.6) is 0 Å². The number of aliphatic hydroxyl groups excluding tert-OH is 1. The van der Waals surface area contributed by atoms with E-state index in [1.54, 1.807) is 6.92 Å². The second kappa shape index (κ2) is 4.11. The number of hydrogen-bond donors (Lipinski definition) is 1. The van der Waals surface area contributed by atoms with Crippen LogP contribution in [0.1, 0.15) is 46.0 Å². The normalized spacial score (nSPS) is 36.6. The summed E-state index contributed by atoms with van der Waals surface area (Å²) in [6.07, 6.45) is 4.69. The average molecular weight is 181 g/mol. The number of hydrogen-bond acceptors (Lipinski definition) is 2. The molecule has 0 aliphatic heterocycles. The fourth-order valence-electron chi connectivity index (χ4n) is 2.22. The quantitative estimate of drug-likeness (QED) is 0.711. The van der Waals surface area contributed by atoms with Gasteiger partial charge in [-0.25, -0.2) is 0 Å². The Bertz CT molecular complexity index is 197. The maximum atomic E-state index is 9.56. The summed E-state index contributed by atoms with van der Waals surface area (Å²) in [5, 5.41) is 18.6. The van der Waals surface area contributed by atoms with Gasteiger partial charge in [-0.05, 0) is 38.5 Å². The van der Waals surface area contributed by atoms with Gasteiger partial charge in [0.05, 0.1) is 17.6 Å². The lowest BCUT2D eigenvalue weighted by Crippen LogP contribution is -2.35. The molecule has 74 valence electrons. The van der Waals surface area contributed by atoms with Crippen molar-refractivity contribution in [2.45, 2.75) is 52.1 Å². The average Bonchev–Trinajstić information content (AvgIpc) is 2.17. The molecule has 1 unspecified atom stereocenters. The maximum absolute atomic E-state index is 9.56. The molecule has 13 heavy (non-hydrogen) atoms. The van der Waals surface area contributed by atoms with E-state index < -0.39 is 11.5 Å². The molecule has 2 nitrogen and oxygen atoms in total. The third-order valence-electron chi connectivity index (χ3n) is 3.60. The standard InChI is InChI=1S/C11H19NO/c1-3-10-4-6-11(8-12,7-5-10)9(2)13/h9-10,13H,3-7H2,1-2H3. The van der Waals surface area contributed by atoms with Crippen molar-refractivity contribution >= 4 is 0 Å². The van der Waals surface area contributed by atoms with Crippen LogP contribution in [0.15, 0.2) is 0 Å². The Morgan fingerprint density at radius 2 is 2.08 bits per heavy atom. The second-order valence-corrected chi connectivity index (χ2v) is 4.30. The predicted octanol–water partition coefficient (Wildman–Crippen LogP) is 2.48. The van der Waals surface area contributed by atoms with Crippen molar-refractivity contribution < 1.29 is 5.11 Å². The molecule has 0 saturated heterocycles. The first-order valence-corrected chi connectivity index (χ1v) is 5.24.